The van der Waals surface area contributed by atoms with Crippen LogP contribution >= 0.6 is 0 Å². The number of fused-ring (bicyclic) bond motifs is 1. The Kier molecular flexibility index (Phi) is 2.96. The highest BCUT2D eigenvalue weighted by molar-refractivity contribution is 6.07. The molecule has 2 aromatic carbocycles. The van der Waals surface area contributed by atoms with Gasteiger partial charge in [0.05, 0.1) is 12.7 Å². The lowest BCUT2D eigenvalue weighted by atomic mass is 9.97. The molecule has 0 N–H and O–H groups in total. The molecule has 0 fully saturated rings. The zero-order valence-electron chi connectivity index (χ0n) is 9.99. The summed E-state index contributed by atoms with van der Waals surface area (Å²) in [6.45, 7) is 5.91. The third kappa shape index (κ3) is 1.94. The van der Waals surface area contributed by atoms with E-state index in [1.807, 2.05) is 37.3 Å². The Morgan fingerprint density at radius 1 is 1.06 bits per heavy atom. The lowest BCUT2D eigenvalue weighted by molar-refractivity contribution is 0.0603. The van der Waals surface area contributed by atoms with Gasteiger partial charge in [-0.3, -0.25) is 0 Å². The summed E-state index contributed by atoms with van der Waals surface area (Å²) in [6, 6.07) is 11.5. The van der Waals surface area contributed by atoms with Crippen molar-refractivity contribution in [3.8, 4) is 0 Å². The molecule has 0 saturated heterocycles. The van der Waals surface area contributed by atoms with Crippen molar-refractivity contribution in [2.75, 3.05) is 7.11 Å². The van der Waals surface area contributed by atoms with Gasteiger partial charge in [0.1, 0.15) is 0 Å². The molecule has 0 unspecified atom stereocenters. The second-order valence-electron chi connectivity index (χ2n) is 3.98. The number of benzene rings is 2. The molecule has 0 aromatic heterocycles. The van der Waals surface area contributed by atoms with Crippen molar-refractivity contribution < 1.29 is 9.53 Å². The number of methoxy groups -OCH3 is 1. The van der Waals surface area contributed by atoms with Crippen LogP contribution in [-0.2, 0) is 4.74 Å². The first kappa shape index (κ1) is 11.4. The van der Waals surface area contributed by atoms with Gasteiger partial charge >= 0.3 is 5.97 Å². The summed E-state index contributed by atoms with van der Waals surface area (Å²) < 4.78 is 4.78. The highest BCUT2D eigenvalue weighted by Gasteiger charge is 2.11. The van der Waals surface area contributed by atoms with Crippen LogP contribution in [0.1, 0.15) is 22.8 Å². The molecule has 0 aliphatic carbocycles. The van der Waals surface area contributed by atoms with E-state index in [2.05, 4.69) is 6.58 Å². The Morgan fingerprint density at radius 3 is 2.12 bits per heavy atom. The van der Waals surface area contributed by atoms with E-state index in [1.165, 1.54) is 7.11 Å². The topological polar surface area (TPSA) is 26.3 Å². The number of rotatable bonds is 2. The molecule has 2 nitrogen and oxygen atoms in total. The summed E-state index contributed by atoms with van der Waals surface area (Å²) in [5, 5.41) is 1.93. The summed E-state index contributed by atoms with van der Waals surface area (Å²) in [7, 11) is 1.39. The molecule has 0 atom stereocenters. The van der Waals surface area contributed by atoms with E-state index in [4.69, 9.17) is 4.74 Å². The van der Waals surface area contributed by atoms with Crippen LogP contribution in [0.2, 0.25) is 0 Å². The van der Waals surface area contributed by atoms with Crippen molar-refractivity contribution in [1.29, 1.82) is 0 Å². The molecule has 2 aromatic rings. The number of hydrogen-bond acceptors (Lipinski definition) is 2. The lowest BCUT2D eigenvalue weighted by Gasteiger charge is -2.09. The van der Waals surface area contributed by atoms with Crippen LogP contribution in [0.25, 0.3) is 16.3 Å². The Balaban J connectivity index is 2.79. The molecule has 0 spiro atoms. The third-order valence-corrected chi connectivity index (χ3v) is 2.79. The van der Waals surface area contributed by atoms with E-state index in [0.29, 0.717) is 5.56 Å². The van der Waals surface area contributed by atoms with E-state index in [0.717, 1.165) is 21.9 Å². The summed E-state index contributed by atoms with van der Waals surface area (Å²) in [6.07, 6.45) is 0. The number of carbonyl (C=O) groups excluding carboxylic acids is 1. The van der Waals surface area contributed by atoms with E-state index in [-0.39, 0.29) is 5.97 Å². The summed E-state index contributed by atoms with van der Waals surface area (Å²) in [5.41, 5.74) is 2.64. The molecule has 17 heavy (non-hydrogen) atoms. The Bertz CT molecular complexity index is 597. The van der Waals surface area contributed by atoms with E-state index >= 15 is 0 Å². The Labute approximate surface area is 101 Å². The van der Waals surface area contributed by atoms with Gasteiger partial charge in [0, 0.05) is 0 Å². The van der Waals surface area contributed by atoms with Crippen LogP contribution < -0.4 is 0 Å². The normalized spacial score (nSPS) is 10.2. The van der Waals surface area contributed by atoms with Crippen LogP contribution in [0, 0.1) is 0 Å². The second-order valence-corrected chi connectivity index (χ2v) is 3.98. The van der Waals surface area contributed by atoms with Crippen molar-refractivity contribution in [3.05, 3.63) is 54.1 Å². The first-order valence-corrected chi connectivity index (χ1v) is 5.41. The average Bonchev–Trinajstić information content (AvgIpc) is 2.36. The van der Waals surface area contributed by atoms with Gasteiger partial charge in [0.2, 0.25) is 0 Å². The lowest BCUT2D eigenvalue weighted by Crippen LogP contribution is -2.02. The van der Waals surface area contributed by atoms with Crippen LogP contribution in [0.5, 0.6) is 0 Å². The van der Waals surface area contributed by atoms with Gasteiger partial charge < -0.3 is 4.74 Å². The molecule has 0 saturated carbocycles. The Hall–Kier alpha value is -2.09. The van der Waals surface area contributed by atoms with Gasteiger partial charge in [-0.05, 0) is 29.3 Å². The molecule has 0 heterocycles. The van der Waals surface area contributed by atoms with Crippen LogP contribution in [-0.4, -0.2) is 13.1 Å². The number of ether oxygens (including phenoxy) is 1. The van der Waals surface area contributed by atoms with Gasteiger partial charge in [-0.25, -0.2) is 4.79 Å². The van der Waals surface area contributed by atoms with Crippen LogP contribution in [0.3, 0.4) is 0 Å². The fourth-order valence-corrected chi connectivity index (χ4v) is 1.97. The summed E-state index contributed by atoms with van der Waals surface area (Å²) in [4.78, 5) is 11.7. The van der Waals surface area contributed by atoms with Crippen molar-refractivity contribution in [2.24, 2.45) is 0 Å². The minimum atomic E-state index is -0.311. The Morgan fingerprint density at radius 2 is 1.59 bits per heavy atom. The summed E-state index contributed by atoms with van der Waals surface area (Å²) >= 11 is 0. The molecule has 0 radical (unpaired) electrons. The highest BCUT2D eigenvalue weighted by atomic mass is 16.5. The van der Waals surface area contributed by atoms with Crippen molar-refractivity contribution >= 4 is 22.3 Å². The van der Waals surface area contributed by atoms with Gasteiger partial charge in [-0.2, -0.15) is 0 Å². The van der Waals surface area contributed by atoms with Gasteiger partial charge in [0.25, 0.3) is 0 Å². The van der Waals surface area contributed by atoms with Crippen molar-refractivity contribution in [2.45, 2.75) is 6.92 Å². The fraction of sp³-hybridized carbons (Fsp3) is 0.133. The van der Waals surface area contributed by atoms with Gasteiger partial charge in [-0.15, -0.1) is 0 Å². The highest BCUT2D eigenvalue weighted by Crippen LogP contribution is 2.26. The number of allylic oxidation sites excluding steroid dienone is 1. The first-order chi connectivity index (χ1) is 8.15. The first-order valence-electron chi connectivity index (χ1n) is 5.41. The maximum absolute atomic E-state index is 11.7. The van der Waals surface area contributed by atoms with E-state index in [9.17, 15) is 4.79 Å². The minimum Gasteiger partial charge on any atom is -0.465 e. The van der Waals surface area contributed by atoms with Crippen LogP contribution in [0.15, 0.2) is 43.0 Å². The molecule has 0 aliphatic heterocycles. The van der Waals surface area contributed by atoms with Crippen LogP contribution in [0.4, 0.5) is 0 Å². The quantitative estimate of drug-likeness (QED) is 0.730. The predicted octanol–water partition coefficient (Wildman–Crippen LogP) is 3.66. The maximum atomic E-state index is 11.7. The molecule has 2 rings (SSSR count). The number of hydrogen-bond donors (Lipinski definition) is 0. The summed E-state index contributed by atoms with van der Waals surface area (Å²) in [5.74, 6) is -0.311. The maximum Gasteiger partial charge on any atom is 0.338 e. The molecular weight excluding hydrogens is 212 g/mol. The molecule has 0 aliphatic rings. The van der Waals surface area contributed by atoms with Gasteiger partial charge in [-0.1, -0.05) is 42.5 Å². The molecule has 86 valence electrons. The fourth-order valence-electron chi connectivity index (χ4n) is 1.97. The molecule has 2 heteroatoms. The largest absolute Gasteiger partial charge is 0.465 e. The van der Waals surface area contributed by atoms with Crippen molar-refractivity contribution in [3.63, 3.8) is 0 Å². The number of carbonyl (C=O) groups is 1. The minimum absolute atomic E-state index is 0.311. The number of esters is 1. The standard InChI is InChI=1S/C15H14O2/c1-10(2)11-6-4-8-13-12(11)7-5-9-14(13)15(16)17-3/h4-9H,1H2,2-3H3. The molecule has 0 bridgehead atoms. The van der Waals surface area contributed by atoms with Crippen molar-refractivity contribution in [1.82, 2.24) is 0 Å². The average molecular weight is 226 g/mol. The van der Waals surface area contributed by atoms with E-state index in [1.54, 1.807) is 6.07 Å². The SMILES string of the molecule is C=C(C)c1cccc2c(C(=O)OC)cccc12. The van der Waals surface area contributed by atoms with E-state index < -0.39 is 0 Å². The second kappa shape index (κ2) is 4.42. The third-order valence-electron chi connectivity index (χ3n) is 2.79. The van der Waals surface area contributed by atoms with Gasteiger partial charge in [0.15, 0.2) is 0 Å². The smallest absolute Gasteiger partial charge is 0.338 e. The monoisotopic (exact) mass is 226 g/mol. The zero-order valence-corrected chi connectivity index (χ0v) is 9.99. The predicted molar refractivity (Wildman–Crippen MR) is 70.0 cm³/mol. The zero-order chi connectivity index (χ0) is 12.4. The molecular formula is C15H14O2. The molecule has 0 amide bonds.